The van der Waals surface area contributed by atoms with E-state index < -0.39 is 42.9 Å². The Kier molecular flexibility index (Phi) is 10.5. The molecule has 1 atom stereocenters. The number of aliphatic hydroxyl groups excluding tert-OH is 2. The predicted molar refractivity (Wildman–Crippen MR) is 127 cm³/mol. The summed E-state index contributed by atoms with van der Waals surface area (Å²) in [7, 11) is 1.42. The second-order valence-electron chi connectivity index (χ2n) is 5.61. The van der Waals surface area contributed by atoms with Gasteiger partial charge in [-0.05, 0) is 67.8 Å². The first kappa shape index (κ1) is 26.2. The number of benzene rings is 1. The number of halogens is 3. The van der Waals surface area contributed by atoms with Crippen LogP contribution < -0.4 is 15.5 Å². The molecule has 0 aliphatic heterocycles. The zero-order chi connectivity index (χ0) is 22.5. The maximum atomic E-state index is 13.2. The van der Waals surface area contributed by atoms with E-state index in [-0.39, 0.29) is 24.0 Å². The van der Waals surface area contributed by atoms with E-state index in [2.05, 4.69) is 10.7 Å². The molecule has 3 amide bonds. The molecule has 29 heavy (non-hydrogen) atoms. The molecule has 1 aromatic carbocycles. The van der Waals surface area contributed by atoms with E-state index in [1.165, 1.54) is 20.9 Å². The van der Waals surface area contributed by atoms with E-state index in [4.69, 9.17) is 9.84 Å². The van der Waals surface area contributed by atoms with Crippen LogP contribution in [-0.4, -0.2) is 65.2 Å². The number of hydrazine groups is 1. The van der Waals surface area contributed by atoms with Crippen LogP contribution in [0, 0.1) is 10.7 Å². The van der Waals surface area contributed by atoms with Crippen LogP contribution in [0.4, 0.5) is 0 Å². The van der Waals surface area contributed by atoms with Crippen molar-refractivity contribution in [1.29, 1.82) is 0 Å². The first-order chi connectivity index (χ1) is 13.5. The van der Waals surface area contributed by atoms with Crippen LogP contribution in [0.1, 0.15) is 34.6 Å². The third-order valence-corrected chi connectivity index (χ3v) is 6.47. The second kappa shape index (κ2) is 11.6. The lowest BCUT2D eigenvalue weighted by Gasteiger charge is -2.26. The van der Waals surface area contributed by atoms with Crippen molar-refractivity contribution < 1.29 is 34.1 Å². The SMILES string of the molecule is CNC(=O)c1c(I)c(OC(C)=O)c(I)c(C(=O)N(CC(O)CO)NC(C)=O)c1I. The normalized spacial score (nSPS) is 11.4. The highest BCUT2D eigenvalue weighted by molar-refractivity contribution is 14.1. The standard InChI is InChI=1S/C16H18I3N3O7/c1-6(24)21-22(4-8(26)5-23)16(28)10-11(17)9(15(27)20-3)12(18)14(13(10)19)29-7(2)25/h8,23,26H,4-5H2,1-3H3,(H,20,27)(H,21,24). The molecule has 1 aromatic rings. The summed E-state index contributed by atoms with van der Waals surface area (Å²) in [6, 6.07) is 0. The Morgan fingerprint density at radius 2 is 1.62 bits per heavy atom. The van der Waals surface area contributed by atoms with Crippen molar-refractivity contribution in [1.82, 2.24) is 15.8 Å². The lowest BCUT2D eigenvalue weighted by atomic mass is 10.1. The van der Waals surface area contributed by atoms with Gasteiger partial charge in [0.15, 0.2) is 5.75 Å². The molecule has 160 valence electrons. The Morgan fingerprint density at radius 3 is 2.07 bits per heavy atom. The van der Waals surface area contributed by atoms with Gasteiger partial charge in [-0.2, -0.15) is 0 Å². The van der Waals surface area contributed by atoms with Gasteiger partial charge in [0.1, 0.15) is 0 Å². The summed E-state index contributed by atoms with van der Waals surface area (Å²) in [5.74, 6) is -2.44. The van der Waals surface area contributed by atoms with Gasteiger partial charge in [0.05, 0.1) is 37.5 Å². The number of carbonyl (C=O) groups is 4. The van der Waals surface area contributed by atoms with Gasteiger partial charge in [-0.3, -0.25) is 24.6 Å². The molecule has 10 nitrogen and oxygen atoms in total. The summed E-state index contributed by atoms with van der Waals surface area (Å²) < 4.78 is 6.09. The number of nitrogens with zero attached hydrogens (tertiary/aromatic N) is 1. The molecule has 0 aliphatic rings. The Morgan fingerprint density at radius 1 is 1.07 bits per heavy atom. The third kappa shape index (κ3) is 6.59. The number of hydrogen-bond donors (Lipinski definition) is 4. The molecule has 0 heterocycles. The molecule has 4 N–H and O–H groups in total. The molecule has 0 radical (unpaired) electrons. The minimum Gasteiger partial charge on any atom is -0.424 e. The van der Waals surface area contributed by atoms with E-state index >= 15 is 0 Å². The fourth-order valence-electron chi connectivity index (χ4n) is 2.16. The predicted octanol–water partition coefficient (Wildman–Crippen LogP) is 0.632. The van der Waals surface area contributed by atoms with Gasteiger partial charge in [0.25, 0.3) is 11.8 Å². The average Bonchev–Trinajstić information content (AvgIpc) is 2.63. The van der Waals surface area contributed by atoms with Crippen molar-refractivity contribution in [2.75, 3.05) is 20.2 Å². The molecular weight excluding hydrogens is 727 g/mol. The molecule has 0 aliphatic carbocycles. The summed E-state index contributed by atoms with van der Waals surface area (Å²) >= 11 is 5.49. The molecule has 1 rings (SSSR count). The zero-order valence-electron chi connectivity index (χ0n) is 15.5. The number of amides is 3. The van der Waals surface area contributed by atoms with Gasteiger partial charge in [-0.15, -0.1) is 0 Å². The molecule has 13 heteroatoms. The molecule has 0 saturated carbocycles. The largest absolute Gasteiger partial charge is 0.424 e. The van der Waals surface area contributed by atoms with E-state index in [9.17, 15) is 24.3 Å². The van der Waals surface area contributed by atoms with Crippen molar-refractivity contribution in [2.45, 2.75) is 20.0 Å². The van der Waals surface area contributed by atoms with Gasteiger partial charge in [0.2, 0.25) is 5.91 Å². The summed E-state index contributed by atoms with van der Waals surface area (Å²) in [6.45, 7) is 1.33. The average molecular weight is 745 g/mol. The van der Waals surface area contributed by atoms with Gasteiger partial charge >= 0.3 is 5.97 Å². The maximum Gasteiger partial charge on any atom is 0.308 e. The number of carbonyl (C=O) groups excluding carboxylic acids is 4. The van der Waals surface area contributed by atoms with Gasteiger partial charge in [-0.25, -0.2) is 5.01 Å². The topological polar surface area (TPSA) is 145 Å². The maximum absolute atomic E-state index is 13.2. The zero-order valence-corrected chi connectivity index (χ0v) is 22.0. The summed E-state index contributed by atoms with van der Waals surface area (Å²) in [5, 5.41) is 22.1. The van der Waals surface area contributed by atoms with Crippen LogP contribution in [-0.2, 0) is 9.59 Å². The minimum atomic E-state index is -1.31. The lowest BCUT2D eigenvalue weighted by Crippen LogP contribution is -2.50. The van der Waals surface area contributed by atoms with E-state index in [1.54, 1.807) is 0 Å². The Balaban J connectivity index is 3.73. The van der Waals surface area contributed by atoms with Crippen LogP contribution in [0.25, 0.3) is 0 Å². The first-order valence-electron chi connectivity index (χ1n) is 7.95. The number of ether oxygens (including phenoxy) is 1. The van der Waals surface area contributed by atoms with Crippen molar-refractivity contribution in [3.05, 3.63) is 21.8 Å². The van der Waals surface area contributed by atoms with Crippen LogP contribution in [0.3, 0.4) is 0 Å². The minimum absolute atomic E-state index is 0.000329. The van der Waals surface area contributed by atoms with Crippen molar-refractivity contribution in [3.63, 3.8) is 0 Å². The number of aliphatic hydroxyl groups is 2. The van der Waals surface area contributed by atoms with Crippen molar-refractivity contribution in [3.8, 4) is 5.75 Å². The third-order valence-electron chi connectivity index (χ3n) is 3.33. The highest BCUT2D eigenvalue weighted by Gasteiger charge is 2.32. The van der Waals surface area contributed by atoms with Crippen LogP contribution in [0.15, 0.2) is 0 Å². The molecule has 0 aromatic heterocycles. The first-order valence-corrected chi connectivity index (χ1v) is 11.2. The fourth-order valence-corrected chi connectivity index (χ4v) is 6.50. The fraction of sp³-hybridized carbons (Fsp3) is 0.375. The number of nitrogens with one attached hydrogen (secondary N) is 2. The van der Waals surface area contributed by atoms with Gasteiger partial charge < -0.3 is 20.3 Å². The Bertz CT molecular complexity index is 848. The number of hydrogen-bond acceptors (Lipinski definition) is 7. The number of esters is 1. The highest BCUT2D eigenvalue weighted by Crippen LogP contribution is 2.38. The van der Waals surface area contributed by atoms with Crippen LogP contribution in [0.5, 0.6) is 5.75 Å². The molecule has 0 fully saturated rings. The summed E-state index contributed by atoms with van der Waals surface area (Å²) in [4.78, 5) is 48.7. The Labute approximate surface area is 207 Å². The molecular formula is C16H18I3N3O7. The van der Waals surface area contributed by atoms with E-state index in [0.29, 0.717) is 3.57 Å². The molecule has 0 spiro atoms. The van der Waals surface area contributed by atoms with Gasteiger partial charge in [0, 0.05) is 24.5 Å². The lowest BCUT2D eigenvalue weighted by molar-refractivity contribution is -0.132. The van der Waals surface area contributed by atoms with Crippen molar-refractivity contribution >= 4 is 91.5 Å². The number of rotatable bonds is 6. The molecule has 1 unspecified atom stereocenters. The molecule has 0 saturated heterocycles. The summed E-state index contributed by atoms with van der Waals surface area (Å²) in [6.07, 6.45) is -1.31. The quantitative estimate of drug-likeness (QED) is 0.145. The monoisotopic (exact) mass is 745 g/mol. The van der Waals surface area contributed by atoms with Crippen LogP contribution >= 0.6 is 67.8 Å². The highest BCUT2D eigenvalue weighted by atomic mass is 127. The van der Waals surface area contributed by atoms with E-state index in [0.717, 1.165) is 5.01 Å². The van der Waals surface area contributed by atoms with E-state index in [1.807, 2.05) is 67.8 Å². The Hall–Kier alpha value is -0.790. The van der Waals surface area contributed by atoms with Crippen LogP contribution in [0.2, 0.25) is 0 Å². The smallest absolute Gasteiger partial charge is 0.308 e. The summed E-state index contributed by atoms with van der Waals surface area (Å²) in [5.41, 5.74) is 2.42. The van der Waals surface area contributed by atoms with Crippen molar-refractivity contribution in [2.24, 2.45) is 0 Å². The van der Waals surface area contributed by atoms with Gasteiger partial charge in [-0.1, -0.05) is 0 Å². The molecule has 0 bridgehead atoms. The second-order valence-corrected chi connectivity index (χ2v) is 8.85.